The number of amides is 1. The van der Waals surface area contributed by atoms with E-state index in [4.69, 9.17) is 0 Å². The zero-order valence-electron chi connectivity index (χ0n) is 18.2. The van der Waals surface area contributed by atoms with Crippen molar-refractivity contribution in [2.24, 2.45) is 0 Å². The van der Waals surface area contributed by atoms with Crippen LogP contribution in [-0.4, -0.2) is 52.3 Å². The topological polar surface area (TPSA) is 66.3 Å². The van der Waals surface area contributed by atoms with Gasteiger partial charge in [-0.15, -0.1) is 0 Å². The number of aromatic nitrogens is 3. The summed E-state index contributed by atoms with van der Waals surface area (Å²) in [6.07, 6.45) is 7.03. The minimum Gasteiger partial charge on any atom is -0.372 e. The largest absolute Gasteiger partial charge is 0.372 e. The fraction of sp³-hybridized carbons (Fsp3) is 0.375. The van der Waals surface area contributed by atoms with Crippen LogP contribution >= 0.6 is 0 Å². The average Bonchev–Trinajstić information content (AvgIpc) is 3.35. The zero-order chi connectivity index (χ0) is 21.6. The van der Waals surface area contributed by atoms with Gasteiger partial charge in [-0.1, -0.05) is 12.1 Å². The monoisotopic (exact) mass is 418 g/mol. The Bertz CT molecular complexity index is 962. The third kappa shape index (κ3) is 5.30. The summed E-state index contributed by atoms with van der Waals surface area (Å²) in [4.78, 5) is 21.0. The first kappa shape index (κ1) is 21.1. The number of piperidine rings is 1. The van der Waals surface area contributed by atoms with Gasteiger partial charge in [0, 0.05) is 30.5 Å². The highest BCUT2D eigenvalue weighted by Gasteiger charge is 2.16. The Balaban J connectivity index is 1.30. The van der Waals surface area contributed by atoms with Crippen molar-refractivity contribution in [3.8, 4) is 5.69 Å². The molecule has 7 heteroatoms. The van der Waals surface area contributed by atoms with Crippen molar-refractivity contribution < 1.29 is 4.79 Å². The third-order valence-corrected chi connectivity index (χ3v) is 5.99. The molecule has 1 fully saturated rings. The van der Waals surface area contributed by atoms with E-state index in [2.05, 4.69) is 51.5 Å². The number of nitrogens with one attached hydrogen (secondary N) is 1. The van der Waals surface area contributed by atoms with E-state index >= 15 is 0 Å². The van der Waals surface area contributed by atoms with Crippen molar-refractivity contribution in [2.75, 3.05) is 36.9 Å². The molecule has 2 aromatic carbocycles. The van der Waals surface area contributed by atoms with Crippen LogP contribution in [0.25, 0.3) is 5.69 Å². The number of anilines is 2. The molecular weight excluding hydrogens is 388 g/mol. The first-order valence-electron chi connectivity index (χ1n) is 10.9. The summed E-state index contributed by atoms with van der Waals surface area (Å²) in [6.45, 7) is 4.66. The summed E-state index contributed by atoms with van der Waals surface area (Å²) < 4.78 is 1.72. The van der Waals surface area contributed by atoms with Gasteiger partial charge < -0.3 is 10.2 Å². The minimum absolute atomic E-state index is 0.0145. The number of carbonyl (C=O) groups excluding carboxylic acids is 1. The first-order chi connectivity index (χ1) is 15.1. The Morgan fingerprint density at radius 3 is 2.35 bits per heavy atom. The zero-order valence-corrected chi connectivity index (χ0v) is 18.2. The number of benzene rings is 2. The van der Waals surface area contributed by atoms with Crippen LogP contribution in [0, 0.1) is 0 Å². The summed E-state index contributed by atoms with van der Waals surface area (Å²) in [7, 11) is 1.97. The van der Waals surface area contributed by atoms with Crippen LogP contribution in [0.2, 0.25) is 0 Å². The van der Waals surface area contributed by atoms with Crippen molar-refractivity contribution in [1.29, 1.82) is 0 Å². The lowest BCUT2D eigenvalue weighted by Crippen LogP contribution is -2.32. The van der Waals surface area contributed by atoms with Gasteiger partial charge in [0.25, 0.3) is 0 Å². The molecule has 0 radical (unpaired) electrons. The van der Waals surface area contributed by atoms with Crippen LogP contribution in [0.3, 0.4) is 0 Å². The smallest absolute Gasteiger partial charge is 0.238 e. The Morgan fingerprint density at radius 1 is 1.03 bits per heavy atom. The lowest BCUT2D eigenvalue weighted by atomic mass is 10.1. The van der Waals surface area contributed by atoms with Crippen molar-refractivity contribution >= 4 is 17.3 Å². The molecule has 162 valence electrons. The molecule has 1 unspecified atom stereocenters. The highest BCUT2D eigenvalue weighted by atomic mass is 16.2. The number of hydrogen-bond acceptors (Lipinski definition) is 5. The minimum atomic E-state index is -0.0145. The summed E-state index contributed by atoms with van der Waals surface area (Å²) in [5.41, 5.74) is 4.17. The van der Waals surface area contributed by atoms with E-state index in [0.29, 0.717) is 6.54 Å². The Kier molecular flexibility index (Phi) is 6.62. The van der Waals surface area contributed by atoms with Crippen molar-refractivity contribution in [2.45, 2.75) is 32.2 Å². The predicted octanol–water partition coefficient (Wildman–Crippen LogP) is 3.89. The highest BCUT2D eigenvalue weighted by molar-refractivity contribution is 5.92. The van der Waals surface area contributed by atoms with Crippen LogP contribution in [0.4, 0.5) is 11.4 Å². The first-order valence-corrected chi connectivity index (χ1v) is 10.9. The van der Waals surface area contributed by atoms with E-state index in [1.54, 1.807) is 11.0 Å². The molecule has 2 heterocycles. The molecule has 0 saturated carbocycles. The quantitative estimate of drug-likeness (QED) is 0.631. The van der Waals surface area contributed by atoms with Gasteiger partial charge in [0.15, 0.2) is 0 Å². The van der Waals surface area contributed by atoms with Gasteiger partial charge in [-0.2, -0.15) is 5.10 Å². The molecular formula is C24H30N6O. The summed E-state index contributed by atoms with van der Waals surface area (Å²) in [5, 5.41) is 7.17. The van der Waals surface area contributed by atoms with Crippen molar-refractivity contribution in [3.63, 3.8) is 0 Å². The van der Waals surface area contributed by atoms with Gasteiger partial charge in [0.05, 0.1) is 12.2 Å². The van der Waals surface area contributed by atoms with Crippen LogP contribution in [0.1, 0.15) is 37.8 Å². The van der Waals surface area contributed by atoms with Crippen molar-refractivity contribution in [3.05, 3.63) is 66.7 Å². The molecule has 1 atom stereocenters. The van der Waals surface area contributed by atoms with E-state index in [0.717, 1.165) is 30.0 Å². The van der Waals surface area contributed by atoms with Crippen LogP contribution < -0.4 is 10.2 Å². The van der Waals surface area contributed by atoms with Gasteiger partial charge >= 0.3 is 0 Å². The second kappa shape index (κ2) is 9.75. The van der Waals surface area contributed by atoms with E-state index in [9.17, 15) is 4.79 Å². The molecule has 1 aromatic heterocycles. The van der Waals surface area contributed by atoms with Gasteiger partial charge in [-0.3, -0.25) is 9.69 Å². The Morgan fingerprint density at radius 2 is 1.71 bits per heavy atom. The Labute approximate surface area is 183 Å². The lowest BCUT2D eigenvalue weighted by Gasteiger charge is -2.29. The van der Waals surface area contributed by atoms with Crippen LogP contribution in [-0.2, 0) is 4.79 Å². The molecule has 1 saturated heterocycles. The average molecular weight is 419 g/mol. The van der Waals surface area contributed by atoms with Crippen LogP contribution in [0.5, 0.6) is 0 Å². The SMILES string of the molecule is CC(c1ccc(-n2cncn2)cc1)N(C)CC(=O)Nc1ccc(N2CCCCC2)cc1. The number of likely N-dealkylation sites (N-methyl/N-ethyl adjacent to an activating group) is 1. The Hall–Kier alpha value is -3.19. The predicted molar refractivity (Wildman–Crippen MR) is 124 cm³/mol. The molecule has 1 amide bonds. The fourth-order valence-electron chi connectivity index (χ4n) is 3.97. The van der Waals surface area contributed by atoms with Gasteiger partial charge in [-0.25, -0.2) is 9.67 Å². The van der Waals surface area contributed by atoms with Crippen molar-refractivity contribution in [1.82, 2.24) is 19.7 Å². The molecule has 1 aliphatic rings. The van der Waals surface area contributed by atoms with Gasteiger partial charge in [0.1, 0.15) is 12.7 Å². The molecule has 1 N–H and O–H groups in total. The highest BCUT2D eigenvalue weighted by Crippen LogP contribution is 2.23. The molecule has 7 nitrogen and oxygen atoms in total. The lowest BCUT2D eigenvalue weighted by molar-refractivity contribution is -0.117. The fourth-order valence-corrected chi connectivity index (χ4v) is 3.97. The second-order valence-electron chi connectivity index (χ2n) is 8.17. The van der Waals surface area contributed by atoms with E-state index in [1.807, 2.05) is 36.2 Å². The standard InChI is InChI=1S/C24H30N6O/c1-19(20-6-10-23(11-7-20)30-18-25-17-26-30)28(2)16-24(31)27-21-8-12-22(13-9-21)29-14-4-3-5-15-29/h6-13,17-19H,3-5,14-16H2,1-2H3,(H,27,31). The molecule has 3 aromatic rings. The van der Waals surface area contributed by atoms with Gasteiger partial charge in [-0.05, 0) is 75.2 Å². The summed E-state index contributed by atoms with van der Waals surface area (Å²) >= 11 is 0. The second-order valence-corrected chi connectivity index (χ2v) is 8.17. The molecule has 0 bridgehead atoms. The van der Waals surface area contributed by atoms with Crippen LogP contribution in [0.15, 0.2) is 61.2 Å². The molecule has 0 aliphatic carbocycles. The number of nitrogens with zero attached hydrogens (tertiary/aromatic N) is 5. The van der Waals surface area contributed by atoms with E-state index in [1.165, 1.54) is 31.3 Å². The summed E-state index contributed by atoms with van der Waals surface area (Å²) in [6, 6.07) is 16.5. The molecule has 1 aliphatic heterocycles. The van der Waals surface area contributed by atoms with E-state index < -0.39 is 0 Å². The summed E-state index contributed by atoms with van der Waals surface area (Å²) in [5.74, 6) is -0.0145. The molecule has 4 rings (SSSR count). The molecule has 0 spiro atoms. The van der Waals surface area contributed by atoms with E-state index in [-0.39, 0.29) is 11.9 Å². The number of hydrogen-bond donors (Lipinski definition) is 1. The third-order valence-electron chi connectivity index (χ3n) is 5.99. The number of carbonyl (C=O) groups is 1. The number of rotatable bonds is 7. The maximum absolute atomic E-state index is 12.6. The maximum Gasteiger partial charge on any atom is 0.238 e. The normalized spacial score (nSPS) is 15.1. The molecule has 31 heavy (non-hydrogen) atoms. The maximum atomic E-state index is 12.6. The van der Waals surface area contributed by atoms with Gasteiger partial charge in [0.2, 0.25) is 5.91 Å².